The summed E-state index contributed by atoms with van der Waals surface area (Å²) in [6.07, 6.45) is 0. The molecule has 0 atom stereocenters. The summed E-state index contributed by atoms with van der Waals surface area (Å²) in [7, 11) is 0. The third kappa shape index (κ3) is 4.07. The van der Waals surface area contributed by atoms with Gasteiger partial charge < -0.3 is 10.6 Å². The molecule has 24 heavy (non-hydrogen) atoms. The molecule has 0 aliphatic rings. The van der Waals surface area contributed by atoms with Gasteiger partial charge in [0, 0.05) is 24.0 Å². The number of aryl methyl sites for hydroxylation is 2. The van der Waals surface area contributed by atoms with E-state index in [1.165, 1.54) is 12.1 Å². The fraction of sp³-hybridized carbons (Fsp3) is 0.158. The highest BCUT2D eigenvalue weighted by molar-refractivity contribution is 5.61. The lowest BCUT2D eigenvalue weighted by Crippen LogP contribution is -2.06. The van der Waals surface area contributed by atoms with Crippen molar-refractivity contribution in [2.24, 2.45) is 0 Å². The topological polar surface area (TPSA) is 49.8 Å². The number of nitrogens with one attached hydrogen (secondary N) is 2. The van der Waals surface area contributed by atoms with E-state index in [2.05, 4.69) is 20.6 Å². The SMILES string of the molecule is Cc1cc(Nc2ccccc2C)nc(NCc2ccc(F)cc2)n1. The molecule has 1 heterocycles. The first-order chi connectivity index (χ1) is 11.6. The van der Waals surface area contributed by atoms with Crippen LogP contribution in [-0.2, 0) is 6.54 Å². The van der Waals surface area contributed by atoms with E-state index < -0.39 is 0 Å². The minimum absolute atomic E-state index is 0.240. The zero-order valence-electron chi connectivity index (χ0n) is 13.7. The largest absolute Gasteiger partial charge is 0.350 e. The minimum atomic E-state index is -0.240. The van der Waals surface area contributed by atoms with Gasteiger partial charge in [0.15, 0.2) is 0 Å². The summed E-state index contributed by atoms with van der Waals surface area (Å²) in [6.45, 7) is 4.51. The van der Waals surface area contributed by atoms with Crippen molar-refractivity contribution in [1.82, 2.24) is 9.97 Å². The highest BCUT2D eigenvalue weighted by Gasteiger charge is 2.04. The first kappa shape index (κ1) is 15.9. The third-order valence-electron chi connectivity index (χ3n) is 3.63. The minimum Gasteiger partial charge on any atom is -0.350 e. The lowest BCUT2D eigenvalue weighted by molar-refractivity contribution is 0.627. The molecule has 0 fully saturated rings. The number of hydrogen-bond donors (Lipinski definition) is 2. The fourth-order valence-electron chi connectivity index (χ4n) is 2.35. The van der Waals surface area contributed by atoms with Crippen molar-refractivity contribution in [1.29, 1.82) is 0 Å². The quantitative estimate of drug-likeness (QED) is 0.721. The molecule has 0 radical (unpaired) electrons. The summed E-state index contributed by atoms with van der Waals surface area (Å²) < 4.78 is 12.9. The van der Waals surface area contributed by atoms with Gasteiger partial charge in [-0.25, -0.2) is 9.37 Å². The first-order valence-electron chi connectivity index (χ1n) is 7.77. The van der Waals surface area contributed by atoms with Gasteiger partial charge in [0.25, 0.3) is 0 Å². The summed E-state index contributed by atoms with van der Waals surface area (Å²) in [5.41, 5.74) is 3.99. The predicted octanol–water partition coefficient (Wildman–Crippen LogP) is 4.59. The molecule has 0 saturated carbocycles. The summed E-state index contributed by atoms with van der Waals surface area (Å²) in [6, 6.07) is 16.3. The highest BCUT2D eigenvalue weighted by Crippen LogP contribution is 2.20. The summed E-state index contributed by atoms with van der Waals surface area (Å²) in [4.78, 5) is 8.89. The number of hydrogen-bond acceptors (Lipinski definition) is 4. The van der Waals surface area contributed by atoms with E-state index in [1.807, 2.05) is 44.2 Å². The molecule has 0 unspecified atom stereocenters. The van der Waals surface area contributed by atoms with Crippen LogP contribution in [0.4, 0.5) is 21.8 Å². The molecular weight excluding hydrogens is 303 g/mol. The van der Waals surface area contributed by atoms with E-state index in [9.17, 15) is 4.39 Å². The van der Waals surface area contributed by atoms with Gasteiger partial charge >= 0.3 is 0 Å². The van der Waals surface area contributed by atoms with Gasteiger partial charge in [-0.1, -0.05) is 30.3 Å². The predicted molar refractivity (Wildman–Crippen MR) is 95.0 cm³/mol. The van der Waals surface area contributed by atoms with Gasteiger partial charge in [-0.05, 0) is 43.2 Å². The van der Waals surface area contributed by atoms with Crippen LogP contribution in [-0.4, -0.2) is 9.97 Å². The van der Waals surface area contributed by atoms with E-state index in [4.69, 9.17) is 0 Å². The zero-order chi connectivity index (χ0) is 16.9. The molecule has 0 aliphatic carbocycles. The number of halogens is 1. The molecule has 122 valence electrons. The Morgan fingerprint density at radius 2 is 1.71 bits per heavy atom. The van der Waals surface area contributed by atoms with E-state index in [0.29, 0.717) is 12.5 Å². The van der Waals surface area contributed by atoms with Crippen LogP contribution in [0.25, 0.3) is 0 Å². The van der Waals surface area contributed by atoms with Crippen molar-refractivity contribution in [3.63, 3.8) is 0 Å². The normalized spacial score (nSPS) is 10.5. The van der Waals surface area contributed by atoms with Gasteiger partial charge in [-0.2, -0.15) is 4.98 Å². The van der Waals surface area contributed by atoms with E-state index in [-0.39, 0.29) is 5.82 Å². The Bertz CT molecular complexity index is 831. The van der Waals surface area contributed by atoms with Crippen molar-refractivity contribution in [3.8, 4) is 0 Å². The van der Waals surface area contributed by atoms with Crippen LogP contribution in [0.3, 0.4) is 0 Å². The monoisotopic (exact) mass is 322 g/mol. The summed E-state index contributed by atoms with van der Waals surface area (Å²) in [5, 5.41) is 6.50. The van der Waals surface area contributed by atoms with Crippen LogP contribution in [0.1, 0.15) is 16.8 Å². The van der Waals surface area contributed by atoms with Crippen LogP contribution < -0.4 is 10.6 Å². The van der Waals surface area contributed by atoms with Crippen LogP contribution in [0.2, 0.25) is 0 Å². The smallest absolute Gasteiger partial charge is 0.225 e. The van der Waals surface area contributed by atoms with Crippen molar-refractivity contribution in [2.75, 3.05) is 10.6 Å². The molecule has 3 rings (SSSR count). The average Bonchev–Trinajstić information content (AvgIpc) is 2.56. The van der Waals surface area contributed by atoms with Crippen molar-refractivity contribution in [3.05, 3.63) is 77.2 Å². The molecule has 1 aromatic heterocycles. The third-order valence-corrected chi connectivity index (χ3v) is 3.63. The molecule has 0 amide bonds. The number of aromatic nitrogens is 2. The van der Waals surface area contributed by atoms with Crippen LogP contribution in [0.15, 0.2) is 54.6 Å². The molecule has 2 aromatic carbocycles. The second-order valence-corrected chi connectivity index (χ2v) is 5.64. The van der Waals surface area contributed by atoms with Gasteiger partial charge in [-0.15, -0.1) is 0 Å². The van der Waals surface area contributed by atoms with E-state index in [0.717, 1.165) is 28.3 Å². The molecule has 0 bridgehead atoms. The summed E-state index contributed by atoms with van der Waals surface area (Å²) >= 11 is 0. The maximum absolute atomic E-state index is 12.9. The van der Waals surface area contributed by atoms with Gasteiger partial charge in [0.1, 0.15) is 11.6 Å². The molecule has 2 N–H and O–H groups in total. The van der Waals surface area contributed by atoms with E-state index >= 15 is 0 Å². The van der Waals surface area contributed by atoms with Crippen LogP contribution in [0.5, 0.6) is 0 Å². The molecule has 3 aromatic rings. The maximum atomic E-state index is 12.9. The Kier molecular flexibility index (Phi) is 4.70. The lowest BCUT2D eigenvalue weighted by Gasteiger charge is -2.11. The lowest BCUT2D eigenvalue weighted by atomic mass is 10.2. The highest BCUT2D eigenvalue weighted by atomic mass is 19.1. The Morgan fingerprint density at radius 1 is 0.958 bits per heavy atom. The second kappa shape index (κ2) is 7.08. The van der Waals surface area contributed by atoms with Crippen LogP contribution >= 0.6 is 0 Å². The Balaban J connectivity index is 1.74. The van der Waals surface area contributed by atoms with Crippen LogP contribution in [0, 0.1) is 19.7 Å². The fourth-order valence-corrected chi connectivity index (χ4v) is 2.35. The summed E-state index contributed by atoms with van der Waals surface area (Å²) in [5.74, 6) is 1.03. The standard InChI is InChI=1S/C19H19FN4/c1-13-5-3-4-6-17(13)23-18-11-14(2)22-19(24-18)21-12-15-7-9-16(20)10-8-15/h3-11H,12H2,1-2H3,(H2,21,22,23,24). The average molecular weight is 322 g/mol. The molecule has 5 heteroatoms. The molecule has 0 aliphatic heterocycles. The number of para-hydroxylation sites is 1. The second-order valence-electron chi connectivity index (χ2n) is 5.64. The van der Waals surface area contributed by atoms with Crippen molar-refractivity contribution in [2.45, 2.75) is 20.4 Å². The number of benzene rings is 2. The first-order valence-corrected chi connectivity index (χ1v) is 7.77. The zero-order valence-corrected chi connectivity index (χ0v) is 13.7. The molecule has 0 saturated heterocycles. The number of rotatable bonds is 5. The maximum Gasteiger partial charge on any atom is 0.225 e. The Morgan fingerprint density at radius 3 is 2.46 bits per heavy atom. The Labute approximate surface area is 140 Å². The van der Waals surface area contributed by atoms with E-state index in [1.54, 1.807) is 12.1 Å². The van der Waals surface area contributed by atoms with Gasteiger partial charge in [0.05, 0.1) is 0 Å². The molecule has 0 spiro atoms. The van der Waals surface area contributed by atoms with Crippen molar-refractivity contribution < 1.29 is 4.39 Å². The van der Waals surface area contributed by atoms with Crippen molar-refractivity contribution >= 4 is 17.5 Å². The molecular formula is C19H19FN4. The Hall–Kier alpha value is -2.95. The molecule has 4 nitrogen and oxygen atoms in total. The van der Waals surface area contributed by atoms with Gasteiger partial charge in [-0.3, -0.25) is 0 Å². The van der Waals surface area contributed by atoms with Gasteiger partial charge in [0.2, 0.25) is 5.95 Å². The number of anilines is 3. The number of nitrogens with zero attached hydrogens (tertiary/aromatic N) is 2.